The first kappa shape index (κ1) is 20.5. The highest BCUT2D eigenvalue weighted by Crippen LogP contribution is 2.17. The molecule has 1 rings (SSSR count). The molecule has 1 heteroatoms. The van der Waals surface area contributed by atoms with Crippen LogP contribution in [0.15, 0.2) is 18.2 Å². The van der Waals surface area contributed by atoms with E-state index in [1.807, 2.05) is 26.0 Å². The zero-order valence-corrected chi connectivity index (χ0v) is 14.4. The number of hydrogen-bond acceptors (Lipinski definition) is 0. The molecular weight excluding hydrogens is 235 g/mol. The van der Waals surface area contributed by atoms with Crippen LogP contribution in [-0.4, -0.2) is 0 Å². The summed E-state index contributed by atoms with van der Waals surface area (Å²) >= 11 is 0. The molecule has 0 spiro atoms. The second kappa shape index (κ2) is 10.00. The van der Waals surface area contributed by atoms with Gasteiger partial charge in [-0.05, 0) is 35.4 Å². The zero-order valence-electron chi connectivity index (χ0n) is 14.4. The van der Waals surface area contributed by atoms with Gasteiger partial charge in [0.2, 0.25) is 0 Å². The van der Waals surface area contributed by atoms with Gasteiger partial charge < -0.3 is 0 Å². The maximum absolute atomic E-state index is 12.9. The highest BCUT2D eigenvalue weighted by Gasteiger charge is 2.03. The Morgan fingerprint density at radius 3 is 1.79 bits per heavy atom. The van der Waals surface area contributed by atoms with Crippen LogP contribution in [0.4, 0.5) is 4.39 Å². The second-order valence-corrected chi connectivity index (χ2v) is 6.08. The third-order valence-electron chi connectivity index (χ3n) is 2.92. The van der Waals surface area contributed by atoms with Gasteiger partial charge in [0.05, 0.1) is 0 Å². The van der Waals surface area contributed by atoms with Gasteiger partial charge in [0.1, 0.15) is 5.82 Å². The van der Waals surface area contributed by atoms with E-state index in [1.165, 1.54) is 6.42 Å². The van der Waals surface area contributed by atoms with Crippen molar-refractivity contribution >= 4 is 0 Å². The lowest BCUT2D eigenvalue weighted by Gasteiger charge is -2.12. The summed E-state index contributed by atoms with van der Waals surface area (Å²) in [4.78, 5) is 0. The molecule has 0 nitrogen and oxygen atoms in total. The van der Waals surface area contributed by atoms with Crippen molar-refractivity contribution in [2.24, 2.45) is 5.41 Å². The van der Waals surface area contributed by atoms with Crippen molar-refractivity contribution in [3.8, 4) is 0 Å². The summed E-state index contributed by atoms with van der Waals surface area (Å²) < 4.78 is 12.9. The molecule has 0 atom stereocenters. The van der Waals surface area contributed by atoms with Gasteiger partial charge in [-0.15, -0.1) is 0 Å². The highest BCUT2D eigenvalue weighted by atomic mass is 19.1. The van der Waals surface area contributed by atoms with Crippen LogP contribution in [0.3, 0.4) is 0 Å². The standard InChI is InChI=1S/C10H13F.C6H14.C2H6/c1-7(2)9-5-4-8(3)10(11)6-9;1-5-6(2,3)4;1-2/h4-7H,1-3H3;5H2,1-4H3;1-2H3. The fraction of sp³-hybridized carbons (Fsp3) is 0.667. The Morgan fingerprint density at radius 1 is 1.11 bits per heavy atom. The number of benzene rings is 1. The van der Waals surface area contributed by atoms with Crippen LogP contribution in [-0.2, 0) is 0 Å². The normalized spacial score (nSPS) is 10.3. The Morgan fingerprint density at radius 2 is 1.53 bits per heavy atom. The van der Waals surface area contributed by atoms with E-state index in [0.29, 0.717) is 11.3 Å². The molecule has 0 fully saturated rings. The van der Waals surface area contributed by atoms with E-state index in [4.69, 9.17) is 0 Å². The summed E-state index contributed by atoms with van der Waals surface area (Å²) in [5.41, 5.74) is 2.32. The minimum absolute atomic E-state index is 0.101. The lowest BCUT2D eigenvalue weighted by molar-refractivity contribution is 0.398. The van der Waals surface area contributed by atoms with Crippen LogP contribution in [0, 0.1) is 18.2 Å². The van der Waals surface area contributed by atoms with E-state index in [1.54, 1.807) is 13.0 Å². The van der Waals surface area contributed by atoms with Crippen LogP contribution < -0.4 is 0 Å². The molecule has 0 bridgehead atoms. The second-order valence-electron chi connectivity index (χ2n) is 6.08. The molecule has 112 valence electrons. The van der Waals surface area contributed by atoms with Crippen LogP contribution in [0.25, 0.3) is 0 Å². The summed E-state index contributed by atoms with van der Waals surface area (Å²) in [6.07, 6.45) is 1.27. The first-order chi connectivity index (χ1) is 8.67. The average molecular weight is 268 g/mol. The SMILES string of the molecule is CC.CCC(C)(C)C.Cc1ccc(C(C)C)cc1F. The van der Waals surface area contributed by atoms with Gasteiger partial charge in [0, 0.05) is 0 Å². The molecule has 0 N–H and O–H groups in total. The zero-order chi connectivity index (χ0) is 15.6. The molecule has 0 aliphatic heterocycles. The van der Waals surface area contributed by atoms with E-state index in [2.05, 4.69) is 41.5 Å². The Hall–Kier alpha value is -0.850. The van der Waals surface area contributed by atoms with E-state index < -0.39 is 0 Å². The molecule has 0 saturated heterocycles. The molecule has 19 heavy (non-hydrogen) atoms. The molecular formula is C18H33F. The fourth-order valence-electron chi connectivity index (χ4n) is 0.968. The Bertz CT molecular complexity index is 332. The van der Waals surface area contributed by atoms with Crippen LogP contribution in [0.5, 0.6) is 0 Å². The Balaban J connectivity index is 0. The third-order valence-corrected chi connectivity index (χ3v) is 2.92. The summed E-state index contributed by atoms with van der Waals surface area (Å²) in [6, 6.07) is 5.41. The number of hydrogen-bond donors (Lipinski definition) is 0. The predicted octanol–water partition coefficient (Wildman–Crippen LogP) is 6.73. The summed E-state index contributed by atoms with van der Waals surface area (Å²) in [5, 5.41) is 0. The number of rotatable bonds is 1. The summed E-state index contributed by atoms with van der Waals surface area (Å²) in [5.74, 6) is 0.307. The van der Waals surface area contributed by atoms with Crippen molar-refractivity contribution in [2.75, 3.05) is 0 Å². The first-order valence-corrected chi connectivity index (χ1v) is 7.43. The van der Waals surface area contributed by atoms with Gasteiger partial charge in [0.15, 0.2) is 0 Å². The van der Waals surface area contributed by atoms with E-state index in [-0.39, 0.29) is 5.82 Å². The van der Waals surface area contributed by atoms with Crippen molar-refractivity contribution in [2.45, 2.75) is 74.7 Å². The minimum atomic E-state index is -0.101. The van der Waals surface area contributed by atoms with Gasteiger partial charge in [-0.25, -0.2) is 4.39 Å². The van der Waals surface area contributed by atoms with Gasteiger partial charge in [-0.3, -0.25) is 0 Å². The van der Waals surface area contributed by atoms with Crippen LogP contribution in [0.2, 0.25) is 0 Å². The van der Waals surface area contributed by atoms with E-state index >= 15 is 0 Å². The molecule has 0 aromatic heterocycles. The molecule has 0 radical (unpaired) electrons. The largest absolute Gasteiger partial charge is 0.207 e. The molecule has 0 unspecified atom stereocenters. The monoisotopic (exact) mass is 268 g/mol. The Labute approximate surface area is 120 Å². The van der Waals surface area contributed by atoms with Crippen molar-refractivity contribution in [1.82, 2.24) is 0 Å². The maximum atomic E-state index is 12.9. The molecule has 0 heterocycles. The summed E-state index contributed by atoms with van der Waals surface area (Å²) in [7, 11) is 0. The minimum Gasteiger partial charge on any atom is -0.207 e. The van der Waals surface area contributed by atoms with Gasteiger partial charge in [-0.2, -0.15) is 0 Å². The Kier molecular flexibility index (Phi) is 10.8. The molecule has 0 aliphatic rings. The molecule has 1 aromatic rings. The van der Waals surface area contributed by atoms with Gasteiger partial charge in [0.25, 0.3) is 0 Å². The van der Waals surface area contributed by atoms with Crippen molar-refractivity contribution in [3.05, 3.63) is 35.1 Å². The lowest BCUT2D eigenvalue weighted by Crippen LogP contribution is -2.00. The van der Waals surface area contributed by atoms with Gasteiger partial charge in [-0.1, -0.05) is 73.9 Å². The predicted molar refractivity (Wildman–Crippen MR) is 86.3 cm³/mol. The topological polar surface area (TPSA) is 0 Å². The quantitative estimate of drug-likeness (QED) is 0.530. The summed E-state index contributed by atoms with van der Waals surface area (Å²) in [6.45, 7) is 18.8. The number of aryl methyl sites for hydroxylation is 1. The van der Waals surface area contributed by atoms with E-state index in [0.717, 1.165) is 11.1 Å². The first-order valence-electron chi connectivity index (χ1n) is 7.43. The van der Waals surface area contributed by atoms with Crippen molar-refractivity contribution in [3.63, 3.8) is 0 Å². The highest BCUT2D eigenvalue weighted by molar-refractivity contribution is 5.25. The van der Waals surface area contributed by atoms with Crippen molar-refractivity contribution < 1.29 is 4.39 Å². The van der Waals surface area contributed by atoms with Gasteiger partial charge >= 0.3 is 0 Å². The van der Waals surface area contributed by atoms with Crippen molar-refractivity contribution in [1.29, 1.82) is 0 Å². The molecule has 1 aromatic carbocycles. The molecule has 0 saturated carbocycles. The van der Waals surface area contributed by atoms with E-state index in [9.17, 15) is 4.39 Å². The smallest absolute Gasteiger partial charge is 0.126 e. The van der Waals surface area contributed by atoms with Crippen LogP contribution in [0.1, 0.15) is 78.9 Å². The average Bonchev–Trinajstić information content (AvgIpc) is 2.35. The number of halogens is 1. The lowest BCUT2D eigenvalue weighted by atomic mass is 9.94. The van der Waals surface area contributed by atoms with Crippen LogP contribution >= 0.6 is 0 Å². The molecule has 0 amide bonds. The maximum Gasteiger partial charge on any atom is 0.126 e. The third kappa shape index (κ3) is 10.7. The molecule has 0 aliphatic carbocycles. The fourth-order valence-corrected chi connectivity index (χ4v) is 0.968.